The first-order valence-electron chi connectivity index (χ1n) is 7.39. The predicted molar refractivity (Wildman–Crippen MR) is 86.3 cm³/mol. The average molecular weight is 347 g/mol. The molecule has 1 heterocycles. The van der Waals surface area contributed by atoms with Crippen LogP contribution in [0.25, 0.3) is 0 Å². The summed E-state index contributed by atoms with van der Waals surface area (Å²) in [4.78, 5) is 12.6. The van der Waals surface area contributed by atoms with Crippen molar-refractivity contribution in [2.75, 3.05) is 0 Å². The predicted octanol–water partition coefficient (Wildman–Crippen LogP) is 3.27. The first-order chi connectivity index (χ1) is 10.1. The van der Waals surface area contributed by atoms with Crippen molar-refractivity contribution in [3.05, 3.63) is 51.3 Å². The highest BCUT2D eigenvalue weighted by Crippen LogP contribution is 2.29. The molecule has 2 aromatic rings. The van der Waals surface area contributed by atoms with Crippen molar-refractivity contribution in [1.29, 1.82) is 0 Å². The lowest BCUT2D eigenvalue weighted by Crippen LogP contribution is -2.18. The molecule has 3 rings (SSSR count). The van der Waals surface area contributed by atoms with Crippen LogP contribution >= 0.6 is 15.9 Å². The summed E-state index contributed by atoms with van der Waals surface area (Å²) in [6, 6.07) is 8.38. The molecule has 21 heavy (non-hydrogen) atoms. The van der Waals surface area contributed by atoms with Crippen LogP contribution in [0.4, 0.5) is 0 Å². The Labute approximate surface area is 133 Å². The molecule has 0 saturated heterocycles. The van der Waals surface area contributed by atoms with Crippen molar-refractivity contribution in [2.45, 2.75) is 32.6 Å². The number of hydrogen-bond donors (Lipinski definition) is 0. The van der Waals surface area contributed by atoms with E-state index in [2.05, 4.69) is 52.2 Å². The number of aryl methyl sites for hydroxylation is 2. The van der Waals surface area contributed by atoms with Gasteiger partial charge in [-0.1, -0.05) is 31.2 Å². The number of fused-ring (bicyclic) bond motifs is 1. The van der Waals surface area contributed by atoms with E-state index in [0.29, 0.717) is 12.2 Å². The van der Waals surface area contributed by atoms with Crippen molar-refractivity contribution in [1.82, 2.24) is 9.78 Å². The molecule has 0 fully saturated rings. The van der Waals surface area contributed by atoms with E-state index in [0.717, 1.165) is 35.1 Å². The van der Waals surface area contributed by atoms with Crippen molar-refractivity contribution in [3.63, 3.8) is 0 Å². The van der Waals surface area contributed by atoms with E-state index in [1.54, 1.807) is 0 Å². The van der Waals surface area contributed by atoms with Crippen LogP contribution in [0, 0.1) is 5.92 Å². The van der Waals surface area contributed by atoms with Gasteiger partial charge in [0.05, 0.1) is 15.9 Å². The van der Waals surface area contributed by atoms with Gasteiger partial charge in [-0.2, -0.15) is 5.10 Å². The topological polar surface area (TPSA) is 34.9 Å². The van der Waals surface area contributed by atoms with Gasteiger partial charge < -0.3 is 0 Å². The second-order valence-electron chi connectivity index (χ2n) is 5.70. The Morgan fingerprint density at radius 2 is 1.95 bits per heavy atom. The molecule has 0 saturated carbocycles. The molecular formula is C17H19BrN2O. The minimum absolute atomic E-state index is 0.120. The Hall–Kier alpha value is -1.42. The Kier molecular flexibility index (Phi) is 3.98. The van der Waals surface area contributed by atoms with Gasteiger partial charge >= 0.3 is 0 Å². The van der Waals surface area contributed by atoms with Gasteiger partial charge in [0.15, 0.2) is 0 Å². The Morgan fingerprint density at radius 3 is 2.48 bits per heavy atom. The van der Waals surface area contributed by atoms with Crippen LogP contribution in [-0.4, -0.2) is 15.6 Å². The van der Waals surface area contributed by atoms with Crippen molar-refractivity contribution < 1.29 is 4.79 Å². The molecule has 0 atom stereocenters. The van der Waals surface area contributed by atoms with E-state index in [4.69, 9.17) is 0 Å². The molecule has 110 valence electrons. The number of benzene rings is 1. The number of hydrogen-bond acceptors (Lipinski definition) is 2. The molecule has 0 radical (unpaired) electrons. The van der Waals surface area contributed by atoms with Gasteiger partial charge in [0.25, 0.3) is 0 Å². The number of Topliss-reactive ketones (excluding diaryl/α,β-unsaturated/α-hetero) is 1. The highest BCUT2D eigenvalue weighted by Gasteiger charge is 2.28. The Morgan fingerprint density at radius 1 is 1.33 bits per heavy atom. The second-order valence-corrected chi connectivity index (χ2v) is 6.49. The third-order valence-corrected chi connectivity index (χ3v) is 5.27. The molecule has 0 amide bonds. The zero-order valence-corrected chi connectivity index (χ0v) is 14.0. The minimum atomic E-state index is 0.120. The zero-order valence-electron chi connectivity index (χ0n) is 12.4. The largest absolute Gasteiger partial charge is 0.299 e. The fourth-order valence-corrected chi connectivity index (χ4v) is 3.86. The Balaban J connectivity index is 1.75. The molecule has 1 aliphatic carbocycles. The van der Waals surface area contributed by atoms with Crippen LogP contribution in [0.3, 0.4) is 0 Å². The first-order valence-corrected chi connectivity index (χ1v) is 8.19. The molecule has 0 bridgehead atoms. The summed E-state index contributed by atoms with van der Waals surface area (Å²) in [5.74, 6) is 0.437. The van der Waals surface area contributed by atoms with Crippen LogP contribution in [0.1, 0.15) is 29.4 Å². The van der Waals surface area contributed by atoms with Gasteiger partial charge in [-0.25, -0.2) is 0 Å². The molecule has 3 nitrogen and oxygen atoms in total. The van der Waals surface area contributed by atoms with Crippen LogP contribution in [0.15, 0.2) is 28.7 Å². The van der Waals surface area contributed by atoms with Crippen molar-refractivity contribution in [3.8, 4) is 0 Å². The van der Waals surface area contributed by atoms with Crippen LogP contribution in [-0.2, 0) is 37.5 Å². The third-order valence-electron chi connectivity index (χ3n) is 4.35. The van der Waals surface area contributed by atoms with E-state index in [9.17, 15) is 4.79 Å². The zero-order chi connectivity index (χ0) is 15.0. The highest BCUT2D eigenvalue weighted by molar-refractivity contribution is 9.10. The van der Waals surface area contributed by atoms with Crippen molar-refractivity contribution >= 4 is 21.7 Å². The lowest BCUT2D eigenvalue weighted by molar-refractivity contribution is -0.122. The molecule has 0 N–H and O–H groups in total. The monoisotopic (exact) mass is 346 g/mol. The number of carbonyl (C=O) groups is 1. The highest BCUT2D eigenvalue weighted by atomic mass is 79.9. The van der Waals surface area contributed by atoms with Gasteiger partial charge in [0.2, 0.25) is 0 Å². The van der Waals surface area contributed by atoms with Crippen molar-refractivity contribution in [2.24, 2.45) is 13.0 Å². The number of rotatable bonds is 4. The SMILES string of the molecule is CCc1nn(C)c(CC(=O)C2Cc3ccccc3C2)c1Br. The van der Waals surface area contributed by atoms with Crippen LogP contribution in [0.5, 0.6) is 0 Å². The fraction of sp³-hybridized carbons (Fsp3) is 0.412. The first kappa shape index (κ1) is 14.5. The van der Waals surface area contributed by atoms with Gasteiger partial charge in [-0.15, -0.1) is 0 Å². The minimum Gasteiger partial charge on any atom is -0.299 e. The molecule has 4 heteroatoms. The lowest BCUT2D eigenvalue weighted by atomic mass is 9.97. The number of ketones is 1. The standard InChI is InChI=1S/C17H19BrN2O/c1-3-14-17(18)15(20(2)19-14)10-16(21)13-8-11-6-4-5-7-12(11)9-13/h4-7,13H,3,8-10H2,1-2H3. The van der Waals surface area contributed by atoms with Gasteiger partial charge in [0.1, 0.15) is 5.78 Å². The summed E-state index contributed by atoms with van der Waals surface area (Å²) in [6.45, 7) is 2.08. The molecule has 1 aliphatic rings. The molecule has 0 unspecified atom stereocenters. The quantitative estimate of drug-likeness (QED) is 0.851. The number of nitrogens with zero attached hydrogens (tertiary/aromatic N) is 2. The van der Waals surface area contributed by atoms with Gasteiger partial charge in [-0.3, -0.25) is 9.48 Å². The normalized spacial score (nSPS) is 14.4. The number of aromatic nitrogens is 2. The van der Waals surface area contributed by atoms with E-state index < -0.39 is 0 Å². The lowest BCUT2D eigenvalue weighted by Gasteiger charge is -2.08. The smallest absolute Gasteiger partial charge is 0.142 e. The summed E-state index contributed by atoms with van der Waals surface area (Å²) < 4.78 is 2.83. The van der Waals surface area contributed by atoms with E-state index in [-0.39, 0.29) is 5.92 Å². The summed E-state index contributed by atoms with van der Waals surface area (Å²) in [6.07, 6.45) is 3.09. The maximum absolute atomic E-state index is 12.6. The number of halogens is 1. The second kappa shape index (κ2) is 5.76. The summed E-state index contributed by atoms with van der Waals surface area (Å²) >= 11 is 3.59. The van der Waals surface area contributed by atoms with Crippen LogP contribution in [0.2, 0.25) is 0 Å². The number of carbonyl (C=O) groups excluding carboxylic acids is 1. The van der Waals surface area contributed by atoms with Gasteiger partial charge in [0, 0.05) is 19.4 Å². The van der Waals surface area contributed by atoms with E-state index in [1.165, 1.54) is 11.1 Å². The summed E-state index contributed by atoms with van der Waals surface area (Å²) in [5, 5.41) is 4.47. The maximum Gasteiger partial charge on any atom is 0.142 e. The van der Waals surface area contributed by atoms with E-state index in [1.807, 2.05) is 11.7 Å². The average Bonchev–Trinajstić information content (AvgIpc) is 3.03. The third kappa shape index (κ3) is 2.69. The molecule has 0 spiro atoms. The summed E-state index contributed by atoms with van der Waals surface area (Å²) in [7, 11) is 1.91. The maximum atomic E-state index is 12.6. The van der Waals surface area contributed by atoms with Gasteiger partial charge in [-0.05, 0) is 46.3 Å². The molecule has 1 aromatic carbocycles. The fourth-order valence-electron chi connectivity index (χ4n) is 3.11. The van der Waals surface area contributed by atoms with E-state index >= 15 is 0 Å². The summed E-state index contributed by atoms with van der Waals surface area (Å²) in [5.41, 5.74) is 4.67. The Bertz CT molecular complexity index is 665. The molecule has 1 aromatic heterocycles. The molecule has 0 aliphatic heterocycles. The van der Waals surface area contributed by atoms with Crippen LogP contribution < -0.4 is 0 Å². The molecular weight excluding hydrogens is 328 g/mol.